The van der Waals surface area contributed by atoms with Crippen LogP contribution >= 0.6 is 0 Å². The topological polar surface area (TPSA) is 84.2 Å². The number of aromatic nitrogens is 2. The summed E-state index contributed by atoms with van der Waals surface area (Å²) in [6.07, 6.45) is 1.34. The van der Waals surface area contributed by atoms with Crippen LogP contribution in [0.2, 0.25) is 0 Å². The standard InChI is InChI=1S/C19H19N5O2/c1-14-8-6-7-11-16(14)22-18-17(24(25)26)19(21-13-20-18)23(2)12-15-9-4-3-5-10-15/h3-11,13H,12H2,1-2H3,(H,20,21,22). The van der Waals surface area contributed by atoms with Crippen LogP contribution in [0.3, 0.4) is 0 Å². The zero-order valence-electron chi connectivity index (χ0n) is 14.6. The monoisotopic (exact) mass is 349 g/mol. The number of hydrogen-bond acceptors (Lipinski definition) is 6. The summed E-state index contributed by atoms with van der Waals surface area (Å²) in [6, 6.07) is 17.3. The van der Waals surface area contributed by atoms with Crippen LogP contribution in [0, 0.1) is 17.0 Å². The third-order valence-electron chi connectivity index (χ3n) is 4.01. The molecule has 0 spiro atoms. The second kappa shape index (κ2) is 7.60. The van der Waals surface area contributed by atoms with Gasteiger partial charge in [0.05, 0.1) is 4.92 Å². The van der Waals surface area contributed by atoms with Gasteiger partial charge in [0.15, 0.2) is 0 Å². The summed E-state index contributed by atoms with van der Waals surface area (Å²) in [5.41, 5.74) is 2.64. The van der Waals surface area contributed by atoms with E-state index in [1.807, 2.05) is 61.5 Å². The average Bonchev–Trinajstić information content (AvgIpc) is 2.64. The van der Waals surface area contributed by atoms with Gasteiger partial charge >= 0.3 is 5.69 Å². The molecule has 26 heavy (non-hydrogen) atoms. The molecule has 3 aromatic rings. The fourth-order valence-electron chi connectivity index (χ4n) is 2.68. The maximum atomic E-state index is 11.7. The molecule has 0 amide bonds. The third-order valence-corrected chi connectivity index (χ3v) is 4.01. The largest absolute Gasteiger partial charge is 0.353 e. The van der Waals surface area contributed by atoms with E-state index in [1.165, 1.54) is 6.33 Å². The summed E-state index contributed by atoms with van der Waals surface area (Å²) < 4.78 is 0. The van der Waals surface area contributed by atoms with Gasteiger partial charge in [-0.05, 0) is 24.1 Å². The van der Waals surface area contributed by atoms with Crippen LogP contribution in [-0.2, 0) is 6.54 Å². The molecular formula is C19H19N5O2. The Morgan fingerprint density at radius 3 is 2.46 bits per heavy atom. The molecule has 0 bridgehead atoms. The molecule has 1 aromatic heterocycles. The molecule has 0 fully saturated rings. The maximum absolute atomic E-state index is 11.7. The number of nitro groups is 1. The lowest BCUT2D eigenvalue weighted by Gasteiger charge is -2.19. The number of benzene rings is 2. The second-order valence-corrected chi connectivity index (χ2v) is 5.93. The number of rotatable bonds is 6. The Bertz CT molecular complexity index is 915. The molecule has 132 valence electrons. The predicted octanol–water partition coefficient (Wildman–Crippen LogP) is 4.07. The van der Waals surface area contributed by atoms with Gasteiger partial charge in [0, 0.05) is 19.3 Å². The van der Waals surface area contributed by atoms with Gasteiger partial charge in [-0.25, -0.2) is 9.97 Å². The number of para-hydroxylation sites is 1. The highest BCUT2D eigenvalue weighted by Crippen LogP contribution is 2.34. The number of hydrogen-bond donors (Lipinski definition) is 1. The summed E-state index contributed by atoms with van der Waals surface area (Å²) in [5.74, 6) is 0.444. The summed E-state index contributed by atoms with van der Waals surface area (Å²) in [5, 5.41) is 14.8. The van der Waals surface area contributed by atoms with Crippen LogP contribution in [-0.4, -0.2) is 21.9 Å². The molecule has 1 N–H and O–H groups in total. The molecule has 0 unspecified atom stereocenters. The molecular weight excluding hydrogens is 330 g/mol. The van der Waals surface area contributed by atoms with E-state index in [4.69, 9.17) is 0 Å². The third kappa shape index (κ3) is 3.77. The van der Waals surface area contributed by atoms with Gasteiger partial charge < -0.3 is 10.2 Å². The highest BCUT2D eigenvalue weighted by molar-refractivity contribution is 5.75. The van der Waals surface area contributed by atoms with Crippen molar-refractivity contribution in [1.29, 1.82) is 0 Å². The molecule has 1 heterocycles. The zero-order valence-corrected chi connectivity index (χ0v) is 14.6. The molecule has 0 radical (unpaired) electrons. The minimum absolute atomic E-state index is 0.144. The highest BCUT2D eigenvalue weighted by Gasteiger charge is 2.26. The summed E-state index contributed by atoms with van der Waals surface area (Å²) in [6.45, 7) is 2.43. The molecule has 0 aliphatic rings. The Labute approximate surface area is 151 Å². The fraction of sp³-hybridized carbons (Fsp3) is 0.158. The number of anilines is 3. The van der Waals surface area contributed by atoms with Crippen molar-refractivity contribution in [1.82, 2.24) is 9.97 Å². The van der Waals surface area contributed by atoms with E-state index in [0.717, 1.165) is 16.8 Å². The van der Waals surface area contributed by atoms with Crippen LogP contribution in [0.15, 0.2) is 60.9 Å². The van der Waals surface area contributed by atoms with Crippen LogP contribution < -0.4 is 10.2 Å². The van der Waals surface area contributed by atoms with Gasteiger partial charge in [-0.1, -0.05) is 48.5 Å². The second-order valence-electron chi connectivity index (χ2n) is 5.93. The Kier molecular flexibility index (Phi) is 5.07. The van der Waals surface area contributed by atoms with Crippen molar-refractivity contribution >= 4 is 23.0 Å². The van der Waals surface area contributed by atoms with Crippen LogP contribution in [0.5, 0.6) is 0 Å². The SMILES string of the molecule is Cc1ccccc1Nc1ncnc(N(C)Cc2ccccc2)c1[N+](=O)[O-]. The molecule has 7 nitrogen and oxygen atoms in total. The Balaban J connectivity index is 1.96. The van der Waals surface area contributed by atoms with Crippen molar-refractivity contribution < 1.29 is 4.92 Å². The van der Waals surface area contributed by atoms with Crippen molar-refractivity contribution in [3.63, 3.8) is 0 Å². The molecule has 3 rings (SSSR count). The van der Waals surface area contributed by atoms with E-state index < -0.39 is 4.92 Å². The van der Waals surface area contributed by atoms with Crippen molar-refractivity contribution in [2.45, 2.75) is 13.5 Å². The van der Waals surface area contributed by atoms with E-state index in [-0.39, 0.29) is 17.3 Å². The molecule has 0 atom stereocenters. The van der Waals surface area contributed by atoms with E-state index >= 15 is 0 Å². The lowest BCUT2D eigenvalue weighted by molar-refractivity contribution is -0.383. The van der Waals surface area contributed by atoms with Gasteiger partial charge in [0.25, 0.3) is 0 Å². The van der Waals surface area contributed by atoms with Gasteiger partial charge in [0.2, 0.25) is 11.6 Å². The lowest BCUT2D eigenvalue weighted by atomic mass is 10.2. The van der Waals surface area contributed by atoms with Crippen LogP contribution in [0.1, 0.15) is 11.1 Å². The van der Waals surface area contributed by atoms with Crippen LogP contribution in [0.25, 0.3) is 0 Å². The molecule has 7 heteroatoms. The first-order chi connectivity index (χ1) is 12.6. The molecule has 0 saturated carbocycles. The summed E-state index contributed by atoms with van der Waals surface area (Å²) >= 11 is 0. The first-order valence-corrected chi connectivity index (χ1v) is 8.13. The first kappa shape index (κ1) is 17.3. The van der Waals surface area contributed by atoms with E-state index in [0.29, 0.717) is 6.54 Å². The molecule has 0 saturated heterocycles. The van der Waals surface area contributed by atoms with E-state index in [1.54, 1.807) is 11.9 Å². The van der Waals surface area contributed by atoms with Gasteiger partial charge in [0.1, 0.15) is 6.33 Å². The van der Waals surface area contributed by atoms with Crippen molar-refractivity contribution in [2.24, 2.45) is 0 Å². The smallest absolute Gasteiger partial charge is 0.349 e. The normalized spacial score (nSPS) is 10.4. The first-order valence-electron chi connectivity index (χ1n) is 8.13. The molecule has 2 aromatic carbocycles. The van der Waals surface area contributed by atoms with Crippen LogP contribution in [0.4, 0.5) is 23.0 Å². The molecule has 0 aliphatic carbocycles. The maximum Gasteiger partial charge on any atom is 0.353 e. The minimum atomic E-state index is -0.447. The lowest BCUT2D eigenvalue weighted by Crippen LogP contribution is -2.20. The van der Waals surface area contributed by atoms with E-state index in [9.17, 15) is 10.1 Å². The fourth-order valence-corrected chi connectivity index (χ4v) is 2.68. The zero-order chi connectivity index (χ0) is 18.5. The van der Waals surface area contributed by atoms with E-state index in [2.05, 4.69) is 15.3 Å². The Morgan fingerprint density at radius 1 is 1.08 bits per heavy atom. The average molecular weight is 349 g/mol. The van der Waals surface area contributed by atoms with Gasteiger partial charge in [-0.3, -0.25) is 10.1 Å². The number of nitrogens with one attached hydrogen (secondary N) is 1. The Hall–Kier alpha value is -3.48. The number of aryl methyl sites for hydroxylation is 1. The summed E-state index contributed by atoms with van der Waals surface area (Å²) in [4.78, 5) is 21.3. The number of nitrogens with zero attached hydrogens (tertiary/aromatic N) is 4. The van der Waals surface area contributed by atoms with Crippen molar-refractivity contribution in [2.75, 3.05) is 17.3 Å². The predicted molar refractivity (Wildman–Crippen MR) is 102 cm³/mol. The minimum Gasteiger partial charge on any atom is -0.349 e. The van der Waals surface area contributed by atoms with Crippen molar-refractivity contribution in [3.05, 3.63) is 82.2 Å². The summed E-state index contributed by atoms with van der Waals surface area (Å²) in [7, 11) is 1.78. The quantitative estimate of drug-likeness (QED) is 0.533. The Morgan fingerprint density at radius 2 is 1.77 bits per heavy atom. The van der Waals surface area contributed by atoms with Crippen molar-refractivity contribution in [3.8, 4) is 0 Å². The van der Waals surface area contributed by atoms with Gasteiger partial charge in [-0.15, -0.1) is 0 Å². The molecule has 0 aliphatic heterocycles. The highest BCUT2D eigenvalue weighted by atomic mass is 16.6. The van der Waals surface area contributed by atoms with Gasteiger partial charge in [-0.2, -0.15) is 0 Å².